The zero-order chi connectivity index (χ0) is 13.5. The van der Waals surface area contributed by atoms with Gasteiger partial charge in [0.1, 0.15) is 0 Å². The van der Waals surface area contributed by atoms with E-state index < -0.39 is 0 Å². The fourth-order valence-electron chi connectivity index (χ4n) is 1.81. The molecule has 0 saturated carbocycles. The molecule has 0 fully saturated rings. The lowest BCUT2D eigenvalue weighted by Gasteiger charge is -2.15. The first-order valence-corrected chi connectivity index (χ1v) is 8.00. The summed E-state index contributed by atoms with van der Waals surface area (Å²) < 4.78 is 1.04. The topological polar surface area (TPSA) is 24.9 Å². The van der Waals surface area contributed by atoms with Gasteiger partial charge in [0.05, 0.1) is 0 Å². The molecule has 0 amide bonds. The Labute approximate surface area is 127 Å². The third-order valence-corrected chi connectivity index (χ3v) is 4.45. The van der Waals surface area contributed by atoms with Gasteiger partial charge in [0.25, 0.3) is 0 Å². The van der Waals surface area contributed by atoms with Gasteiger partial charge in [0.15, 0.2) is 0 Å². The fraction of sp³-hybridized carbons (Fsp3) is 0.267. The molecule has 1 heterocycles. The molecular weight excluding hydrogens is 320 g/mol. The number of hydrogen-bond donors (Lipinski definition) is 1. The summed E-state index contributed by atoms with van der Waals surface area (Å²) in [4.78, 5) is 5.52. The average Bonchev–Trinajstić information content (AvgIpc) is 2.44. The van der Waals surface area contributed by atoms with E-state index in [4.69, 9.17) is 0 Å². The molecule has 1 aromatic heterocycles. The van der Waals surface area contributed by atoms with Crippen LogP contribution in [-0.4, -0.2) is 23.8 Å². The molecule has 0 aliphatic rings. The largest absolute Gasteiger partial charge is 0.316 e. The number of likely N-dealkylation sites (N-methyl/N-ethyl adjacent to an activating group) is 1. The van der Waals surface area contributed by atoms with Crippen molar-refractivity contribution in [2.24, 2.45) is 0 Å². The van der Waals surface area contributed by atoms with Crippen molar-refractivity contribution in [3.8, 4) is 0 Å². The first-order chi connectivity index (χ1) is 9.28. The number of benzene rings is 1. The van der Waals surface area contributed by atoms with Gasteiger partial charge in [-0.05, 0) is 53.2 Å². The van der Waals surface area contributed by atoms with Crippen molar-refractivity contribution in [1.82, 2.24) is 10.3 Å². The first kappa shape index (κ1) is 14.6. The van der Waals surface area contributed by atoms with Crippen LogP contribution in [0.1, 0.15) is 5.56 Å². The third kappa shape index (κ3) is 4.97. The van der Waals surface area contributed by atoms with Crippen LogP contribution in [0.4, 0.5) is 0 Å². The van der Waals surface area contributed by atoms with Crippen molar-refractivity contribution in [3.63, 3.8) is 0 Å². The predicted molar refractivity (Wildman–Crippen MR) is 85.7 cm³/mol. The SMILES string of the molecule is CNC(CSc1ccccc1)Cc1cncc(Br)c1. The standard InChI is InChI=1S/C15H17BrN2S/c1-17-14(8-12-7-13(16)10-18-9-12)11-19-15-5-3-2-4-6-15/h2-7,9-10,14,17H,8,11H2,1H3. The normalized spacial score (nSPS) is 12.3. The minimum absolute atomic E-state index is 0.446. The summed E-state index contributed by atoms with van der Waals surface area (Å²) in [7, 11) is 2.02. The summed E-state index contributed by atoms with van der Waals surface area (Å²) in [5.41, 5.74) is 1.25. The second-order valence-corrected chi connectivity index (χ2v) is 6.33. The van der Waals surface area contributed by atoms with Crippen molar-refractivity contribution in [1.29, 1.82) is 0 Å². The quantitative estimate of drug-likeness (QED) is 0.813. The molecule has 4 heteroatoms. The van der Waals surface area contributed by atoms with Gasteiger partial charge in [0.2, 0.25) is 0 Å². The Morgan fingerprint density at radius 2 is 2.05 bits per heavy atom. The van der Waals surface area contributed by atoms with E-state index in [9.17, 15) is 0 Å². The molecule has 1 N–H and O–H groups in total. The summed E-state index contributed by atoms with van der Waals surface area (Å²) in [6.45, 7) is 0. The zero-order valence-corrected chi connectivity index (χ0v) is 13.2. The number of halogens is 1. The lowest BCUT2D eigenvalue weighted by molar-refractivity contribution is 0.616. The van der Waals surface area contributed by atoms with Gasteiger partial charge in [-0.15, -0.1) is 11.8 Å². The van der Waals surface area contributed by atoms with Crippen molar-refractivity contribution in [2.75, 3.05) is 12.8 Å². The molecule has 0 aliphatic carbocycles. The number of aromatic nitrogens is 1. The zero-order valence-electron chi connectivity index (χ0n) is 10.8. The van der Waals surface area contributed by atoms with Crippen LogP contribution in [0.25, 0.3) is 0 Å². The second-order valence-electron chi connectivity index (χ2n) is 4.33. The maximum Gasteiger partial charge on any atom is 0.0410 e. The molecule has 2 aromatic rings. The van der Waals surface area contributed by atoms with Crippen LogP contribution in [0.2, 0.25) is 0 Å². The number of thioether (sulfide) groups is 1. The average molecular weight is 337 g/mol. The van der Waals surface area contributed by atoms with Crippen LogP contribution in [-0.2, 0) is 6.42 Å². The van der Waals surface area contributed by atoms with Gasteiger partial charge in [-0.3, -0.25) is 4.98 Å². The van der Waals surface area contributed by atoms with E-state index in [1.807, 2.05) is 37.3 Å². The van der Waals surface area contributed by atoms with E-state index in [1.165, 1.54) is 10.5 Å². The Morgan fingerprint density at radius 3 is 2.74 bits per heavy atom. The summed E-state index contributed by atoms with van der Waals surface area (Å²) in [5, 5.41) is 3.38. The number of nitrogens with zero attached hydrogens (tertiary/aromatic N) is 1. The predicted octanol–water partition coefficient (Wildman–Crippen LogP) is 3.77. The summed E-state index contributed by atoms with van der Waals surface area (Å²) in [5.74, 6) is 1.05. The monoisotopic (exact) mass is 336 g/mol. The minimum atomic E-state index is 0.446. The van der Waals surface area contributed by atoms with Gasteiger partial charge in [0, 0.05) is 33.6 Å². The Bertz CT molecular complexity index is 505. The summed E-state index contributed by atoms with van der Waals surface area (Å²) >= 11 is 5.34. The maximum atomic E-state index is 4.21. The molecular formula is C15H17BrN2S. The Hall–Kier alpha value is -0.840. The van der Waals surface area contributed by atoms with Crippen molar-refractivity contribution in [2.45, 2.75) is 17.4 Å². The van der Waals surface area contributed by atoms with E-state index in [-0.39, 0.29) is 0 Å². The third-order valence-electron chi connectivity index (χ3n) is 2.85. The Kier molecular flexibility index (Phi) is 5.89. The lowest BCUT2D eigenvalue weighted by atomic mass is 10.1. The van der Waals surface area contributed by atoms with Crippen molar-refractivity contribution in [3.05, 3.63) is 58.8 Å². The fourth-order valence-corrected chi connectivity index (χ4v) is 3.25. The molecule has 19 heavy (non-hydrogen) atoms. The highest BCUT2D eigenvalue weighted by molar-refractivity contribution is 9.10. The molecule has 2 nitrogen and oxygen atoms in total. The van der Waals surface area contributed by atoms with Gasteiger partial charge in [-0.1, -0.05) is 18.2 Å². The number of hydrogen-bond acceptors (Lipinski definition) is 3. The van der Waals surface area contributed by atoms with E-state index in [1.54, 1.807) is 0 Å². The molecule has 1 aromatic carbocycles. The van der Waals surface area contributed by atoms with Gasteiger partial charge in [-0.25, -0.2) is 0 Å². The van der Waals surface area contributed by atoms with Crippen LogP contribution in [0.3, 0.4) is 0 Å². The molecule has 1 atom stereocenters. The maximum absolute atomic E-state index is 4.21. The number of nitrogens with one attached hydrogen (secondary N) is 1. The molecule has 1 unspecified atom stereocenters. The van der Waals surface area contributed by atoms with Gasteiger partial charge in [-0.2, -0.15) is 0 Å². The van der Waals surface area contributed by atoms with Gasteiger partial charge < -0.3 is 5.32 Å². The van der Waals surface area contributed by atoms with E-state index in [0.29, 0.717) is 6.04 Å². The van der Waals surface area contributed by atoms with Gasteiger partial charge >= 0.3 is 0 Å². The van der Waals surface area contributed by atoms with Crippen LogP contribution in [0.5, 0.6) is 0 Å². The summed E-state index contributed by atoms with van der Waals surface area (Å²) in [6, 6.07) is 13.1. The number of rotatable bonds is 6. The lowest BCUT2D eigenvalue weighted by Crippen LogP contribution is -2.30. The van der Waals surface area contributed by atoms with Crippen LogP contribution < -0.4 is 5.32 Å². The molecule has 0 aliphatic heterocycles. The molecule has 0 saturated heterocycles. The Balaban J connectivity index is 1.90. The van der Waals surface area contributed by atoms with Crippen molar-refractivity contribution >= 4 is 27.7 Å². The second kappa shape index (κ2) is 7.68. The molecule has 100 valence electrons. The highest BCUT2D eigenvalue weighted by Crippen LogP contribution is 2.19. The highest BCUT2D eigenvalue weighted by Gasteiger charge is 2.08. The van der Waals surface area contributed by atoms with E-state index in [2.05, 4.69) is 56.6 Å². The first-order valence-electron chi connectivity index (χ1n) is 6.22. The number of pyridine rings is 1. The van der Waals surface area contributed by atoms with E-state index >= 15 is 0 Å². The molecule has 2 rings (SSSR count). The molecule has 0 spiro atoms. The van der Waals surface area contributed by atoms with Crippen LogP contribution in [0.15, 0.2) is 58.2 Å². The van der Waals surface area contributed by atoms with Crippen molar-refractivity contribution < 1.29 is 0 Å². The highest BCUT2D eigenvalue weighted by atomic mass is 79.9. The van der Waals surface area contributed by atoms with E-state index in [0.717, 1.165) is 16.6 Å². The minimum Gasteiger partial charge on any atom is -0.316 e. The smallest absolute Gasteiger partial charge is 0.0410 e. The summed E-state index contributed by atoms with van der Waals surface area (Å²) in [6.07, 6.45) is 4.74. The van der Waals surface area contributed by atoms with Crippen LogP contribution >= 0.6 is 27.7 Å². The molecule has 0 bridgehead atoms. The molecule has 0 radical (unpaired) electrons. The van der Waals surface area contributed by atoms with Crippen LogP contribution in [0, 0.1) is 0 Å². The Morgan fingerprint density at radius 1 is 1.26 bits per heavy atom.